The third-order valence-electron chi connectivity index (χ3n) is 4.28. The van der Waals surface area contributed by atoms with E-state index in [1.165, 1.54) is 41.5 Å². The molecule has 0 aromatic heterocycles. The molecule has 3 heteroatoms. The normalized spacial score (nSPS) is 15.9. The molecule has 0 aliphatic heterocycles. The van der Waals surface area contributed by atoms with Crippen LogP contribution in [0.5, 0.6) is 0 Å². The Kier molecular flexibility index (Phi) is 5.73. The summed E-state index contributed by atoms with van der Waals surface area (Å²) in [5.41, 5.74) is 2.93. The predicted octanol–water partition coefficient (Wildman–Crippen LogP) is 4.96. The summed E-state index contributed by atoms with van der Waals surface area (Å²) in [4.78, 5) is 2.55. The molecule has 0 saturated heterocycles. The molecule has 0 atom stereocenters. The third kappa shape index (κ3) is 5.00. The lowest BCUT2D eigenvalue weighted by Gasteiger charge is -2.34. The Balaban J connectivity index is 2.15. The van der Waals surface area contributed by atoms with E-state index in [-0.39, 0.29) is 5.54 Å². The minimum Gasteiger partial charge on any atom is -0.371 e. The monoisotopic (exact) mass is 352 g/mol. The van der Waals surface area contributed by atoms with Gasteiger partial charge in [-0.2, -0.15) is 0 Å². The first-order valence-corrected chi connectivity index (χ1v) is 8.97. The van der Waals surface area contributed by atoms with E-state index in [0.29, 0.717) is 0 Å². The zero-order chi connectivity index (χ0) is 15.5. The van der Waals surface area contributed by atoms with E-state index in [9.17, 15) is 0 Å². The molecule has 0 unspecified atom stereocenters. The maximum absolute atomic E-state index is 3.63. The van der Waals surface area contributed by atoms with Gasteiger partial charge in [0.15, 0.2) is 0 Å². The summed E-state index contributed by atoms with van der Waals surface area (Å²) < 4.78 is 1.17. The number of hydrogen-bond acceptors (Lipinski definition) is 2. The van der Waals surface area contributed by atoms with Crippen LogP contribution in [0.1, 0.15) is 52.5 Å². The predicted molar refractivity (Wildman–Crippen MR) is 96.0 cm³/mol. The molecule has 0 bridgehead atoms. The first kappa shape index (κ1) is 16.8. The number of hydrogen-bond donors (Lipinski definition) is 1. The van der Waals surface area contributed by atoms with E-state index < -0.39 is 0 Å². The summed E-state index contributed by atoms with van der Waals surface area (Å²) in [7, 11) is 0. The standard InChI is InChI=1S/C18H29BrN2/c1-5-21(13-14-7-6-8-14)17-11-16(19)10-9-15(17)12-20-18(2,3)4/h9-11,14,20H,5-8,12-13H2,1-4H3. The quantitative estimate of drug-likeness (QED) is 0.777. The van der Waals surface area contributed by atoms with E-state index in [0.717, 1.165) is 19.0 Å². The second-order valence-corrected chi connectivity index (χ2v) is 8.13. The first-order valence-electron chi connectivity index (χ1n) is 8.17. The highest BCUT2D eigenvalue weighted by atomic mass is 79.9. The van der Waals surface area contributed by atoms with Gasteiger partial charge in [-0.3, -0.25) is 0 Å². The van der Waals surface area contributed by atoms with Crippen LogP contribution in [-0.2, 0) is 6.54 Å². The molecule has 1 saturated carbocycles. The maximum Gasteiger partial charge on any atom is 0.0423 e. The summed E-state index contributed by atoms with van der Waals surface area (Å²) in [6.07, 6.45) is 4.22. The van der Waals surface area contributed by atoms with Crippen LogP contribution in [0, 0.1) is 5.92 Å². The van der Waals surface area contributed by atoms with E-state index >= 15 is 0 Å². The fraction of sp³-hybridized carbons (Fsp3) is 0.667. The average Bonchev–Trinajstić information content (AvgIpc) is 2.35. The van der Waals surface area contributed by atoms with Gasteiger partial charge >= 0.3 is 0 Å². The smallest absolute Gasteiger partial charge is 0.0423 e. The Hall–Kier alpha value is -0.540. The summed E-state index contributed by atoms with van der Waals surface area (Å²) in [5, 5.41) is 3.62. The minimum absolute atomic E-state index is 0.148. The Morgan fingerprint density at radius 1 is 1.29 bits per heavy atom. The van der Waals surface area contributed by atoms with Crippen molar-refractivity contribution in [3.8, 4) is 0 Å². The van der Waals surface area contributed by atoms with Crippen molar-refractivity contribution in [3.05, 3.63) is 28.2 Å². The topological polar surface area (TPSA) is 15.3 Å². The highest BCUT2D eigenvalue weighted by Crippen LogP contribution is 2.31. The van der Waals surface area contributed by atoms with E-state index in [4.69, 9.17) is 0 Å². The summed E-state index contributed by atoms with van der Waals surface area (Å²) in [6.45, 7) is 12.1. The van der Waals surface area contributed by atoms with Gasteiger partial charge in [0, 0.05) is 35.3 Å². The van der Waals surface area contributed by atoms with Gasteiger partial charge in [-0.15, -0.1) is 0 Å². The molecule has 1 aliphatic carbocycles. The van der Waals surface area contributed by atoms with Crippen molar-refractivity contribution < 1.29 is 0 Å². The molecule has 2 rings (SSSR count). The van der Waals surface area contributed by atoms with Gasteiger partial charge in [0.2, 0.25) is 0 Å². The number of benzene rings is 1. The largest absolute Gasteiger partial charge is 0.371 e. The van der Waals surface area contributed by atoms with Crippen LogP contribution in [0.3, 0.4) is 0 Å². The van der Waals surface area contributed by atoms with Crippen LogP contribution >= 0.6 is 15.9 Å². The van der Waals surface area contributed by atoms with Crippen LogP contribution in [0.15, 0.2) is 22.7 Å². The lowest BCUT2D eigenvalue weighted by molar-refractivity contribution is 0.318. The maximum atomic E-state index is 3.63. The van der Waals surface area contributed by atoms with Crippen molar-refractivity contribution >= 4 is 21.6 Å². The summed E-state index contributed by atoms with van der Waals surface area (Å²) in [5.74, 6) is 0.896. The summed E-state index contributed by atoms with van der Waals surface area (Å²) in [6, 6.07) is 6.68. The van der Waals surface area contributed by atoms with Crippen molar-refractivity contribution in [2.45, 2.75) is 59.0 Å². The van der Waals surface area contributed by atoms with Crippen LogP contribution in [-0.4, -0.2) is 18.6 Å². The van der Waals surface area contributed by atoms with Gasteiger partial charge in [0.05, 0.1) is 0 Å². The van der Waals surface area contributed by atoms with Crippen LogP contribution in [0.25, 0.3) is 0 Å². The van der Waals surface area contributed by atoms with Gasteiger partial charge in [-0.25, -0.2) is 0 Å². The molecule has 2 nitrogen and oxygen atoms in total. The molecule has 0 heterocycles. The fourth-order valence-electron chi connectivity index (χ4n) is 2.73. The molecular weight excluding hydrogens is 324 g/mol. The highest BCUT2D eigenvalue weighted by Gasteiger charge is 2.22. The number of anilines is 1. The van der Waals surface area contributed by atoms with Gasteiger partial charge in [0.1, 0.15) is 0 Å². The van der Waals surface area contributed by atoms with Crippen molar-refractivity contribution in [2.75, 3.05) is 18.0 Å². The Morgan fingerprint density at radius 2 is 2.00 bits per heavy atom. The molecule has 1 aromatic rings. The number of halogens is 1. The zero-order valence-electron chi connectivity index (χ0n) is 13.9. The van der Waals surface area contributed by atoms with Crippen molar-refractivity contribution in [1.29, 1.82) is 0 Å². The van der Waals surface area contributed by atoms with E-state index in [1.54, 1.807) is 0 Å². The van der Waals surface area contributed by atoms with E-state index in [1.807, 2.05) is 0 Å². The summed E-state index contributed by atoms with van der Waals surface area (Å²) >= 11 is 3.63. The molecule has 1 aromatic carbocycles. The Labute approximate surface area is 138 Å². The Morgan fingerprint density at radius 3 is 2.52 bits per heavy atom. The SMILES string of the molecule is CCN(CC1CCC1)c1cc(Br)ccc1CNC(C)(C)C. The van der Waals surface area contributed by atoms with E-state index in [2.05, 4.69) is 72.0 Å². The lowest BCUT2D eigenvalue weighted by Crippen LogP contribution is -2.37. The minimum atomic E-state index is 0.148. The second kappa shape index (κ2) is 7.15. The van der Waals surface area contributed by atoms with Crippen LogP contribution < -0.4 is 10.2 Å². The van der Waals surface area contributed by atoms with Gasteiger partial charge in [-0.05, 0) is 64.2 Å². The third-order valence-corrected chi connectivity index (χ3v) is 4.78. The van der Waals surface area contributed by atoms with Crippen LogP contribution in [0.4, 0.5) is 5.69 Å². The number of rotatable bonds is 6. The number of nitrogens with zero attached hydrogens (tertiary/aromatic N) is 1. The molecule has 1 N–H and O–H groups in total. The van der Waals surface area contributed by atoms with Crippen LogP contribution in [0.2, 0.25) is 0 Å². The molecule has 0 spiro atoms. The second-order valence-electron chi connectivity index (χ2n) is 7.21. The number of nitrogens with one attached hydrogen (secondary N) is 1. The van der Waals surface area contributed by atoms with Gasteiger partial charge in [0.25, 0.3) is 0 Å². The molecule has 0 radical (unpaired) electrons. The molecular formula is C18H29BrN2. The molecule has 0 amide bonds. The highest BCUT2D eigenvalue weighted by molar-refractivity contribution is 9.10. The van der Waals surface area contributed by atoms with Gasteiger partial charge in [-0.1, -0.05) is 28.4 Å². The van der Waals surface area contributed by atoms with Crippen molar-refractivity contribution in [3.63, 3.8) is 0 Å². The van der Waals surface area contributed by atoms with Crippen molar-refractivity contribution in [2.24, 2.45) is 5.92 Å². The molecule has 1 fully saturated rings. The van der Waals surface area contributed by atoms with Crippen molar-refractivity contribution in [1.82, 2.24) is 5.32 Å². The zero-order valence-corrected chi connectivity index (χ0v) is 15.5. The average molecular weight is 353 g/mol. The molecule has 1 aliphatic rings. The lowest BCUT2D eigenvalue weighted by atomic mass is 9.85. The van der Waals surface area contributed by atoms with Gasteiger partial charge < -0.3 is 10.2 Å². The molecule has 118 valence electrons. The molecule has 21 heavy (non-hydrogen) atoms. The fourth-order valence-corrected chi connectivity index (χ4v) is 3.08. The Bertz CT molecular complexity index is 461. The first-order chi connectivity index (χ1) is 9.89.